The van der Waals surface area contributed by atoms with Gasteiger partial charge in [-0.3, -0.25) is 4.79 Å². The second-order valence-electron chi connectivity index (χ2n) is 4.12. The minimum absolute atomic E-state index is 0.0140. The molecule has 0 aromatic heterocycles. The molecule has 2 aromatic carbocycles. The van der Waals surface area contributed by atoms with Gasteiger partial charge in [0.1, 0.15) is 5.82 Å². The van der Waals surface area contributed by atoms with Crippen molar-refractivity contribution in [2.45, 2.75) is 13.8 Å². The lowest BCUT2D eigenvalue weighted by Gasteiger charge is -2.06. The molecule has 1 nitrogen and oxygen atoms in total. The second-order valence-corrected chi connectivity index (χ2v) is 4.12. The van der Waals surface area contributed by atoms with Crippen LogP contribution in [-0.2, 0) is 0 Å². The van der Waals surface area contributed by atoms with Gasteiger partial charge < -0.3 is 0 Å². The molecule has 0 amide bonds. The van der Waals surface area contributed by atoms with Crippen LogP contribution < -0.4 is 0 Å². The molecular formula is C15H13FO. The Bertz CT molecular complexity index is 573. The van der Waals surface area contributed by atoms with Crippen molar-refractivity contribution in [1.29, 1.82) is 0 Å². The zero-order valence-electron chi connectivity index (χ0n) is 9.83. The summed E-state index contributed by atoms with van der Waals surface area (Å²) in [5.41, 5.74) is 2.87. The molecule has 2 aromatic rings. The van der Waals surface area contributed by atoms with Gasteiger partial charge in [0.05, 0.1) is 0 Å². The summed E-state index contributed by atoms with van der Waals surface area (Å²) in [7, 11) is 0. The van der Waals surface area contributed by atoms with Gasteiger partial charge in [0.2, 0.25) is 0 Å². The number of carbonyl (C=O) groups is 1. The number of hydrogen-bond acceptors (Lipinski definition) is 1. The molecule has 0 fully saturated rings. The molecule has 0 radical (unpaired) electrons. The van der Waals surface area contributed by atoms with Gasteiger partial charge in [0, 0.05) is 11.1 Å². The van der Waals surface area contributed by atoms with Crippen molar-refractivity contribution < 1.29 is 9.18 Å². The predicted molar refractivity (Wildman–Crippen MR) is 66.6 cm³/mol. The Balaban J connectivity index is 2.56. The van der Waals surface area contributed by atoms with E-state index in [2.05, 4.69) is 0 Å². The summed E-state index contributed by atoms with van der Waals surface area (Å²) < 4.78 is 13.7. The van der Waals surface area contributed by atoms with Crippen molar-refractivity contribution in [3.63, 3.8) is 0 Å². The largest absolute Gasteiger partial charge is 0.295 e. The van der Waals surface area contributed by atoms with Gasteiger partial charge in [-0.2, -0.15) is 0 Å². The highest BCUT2D eigenvalue weighted by Gasteiger charge is 2.07. The first-order valence-corrected chi connectivity index (χ1v) is 5.45. The molecule has 2 heteroatoms. The molecule has 0 saturated carbocycles. The van der Waals surface area contributed by atoms with Crippen LogP contribution in [0, 0.1) is 12.7 Å². The van der Waals surface area contributed by atoms with Crippen molar-refractivity contribution in [2.24, 2.45) is 0 Å². The fourth-order valence-electron chi connectivity index (χ4n) is 1.77. The number of rotatable bonds is 2. The maximum absolute atomic E-state index is 13.7. The predicted octanol–water partition coefficient (Wildman–Crippen LogP) is 4.00. The van der Waals surface area contributed by atoms with Crippen LogP contribution in [0.4, 0.5) is 4.39 Å². The fourth-order valence-corrected chi connectivity index (χ4v) is 1.77. The number of ketones is 1. The van der Waals surface area contributed by atoms with E-state index in [9.17, 15) is 9.18 Å². The molecular weight excluding hydrogens is 215 g/mol. The van der Waals surface area contributed by atoms with Crippen LogP contribution in [0.15, 0.2) is 42.5 Å². The number of carbonyl (C=O) groups excluding carboxylic acids is 1. The van der Waals surface area contributed by atoms with E-state index >= 15 is 0 Å². The van der Waals surface area contributed by atoms with Gasteiger partial charge in [0.25, 0.3) is 0 Å². The van der Waals surface area contributed by atoms with Crippen LogP contribution in [0.25, 0.3) is 11.1 Å². The van der Waals surface area contributed by atoms with Gasteiger partial charge in [-0.05, 0) is 37.6 Å². The third-order valence-electron chi connectivity index (χ3n) is 2.70. The van der Waals surface area contributed by atoms with Crippen molar-refractivity contribution >= 4 is 5.78 Å². The van der Waals surface area contributed by atoms with E-state index in [0.29, 0.717) is 11.1 Å². The van der Waals surface area contributed by atoms with Gasteiger partial charge >= 0.3 is 0 Å². The topological polar surface area (TPSA) is 17.1 Å². The SMILES string of the molecule is CC(=O)c1cccc(-c2cc(C)ccc2F)c1. The van der Waals surface area contributed by atoms with Crippen LogP contribution in [0.1, 0.15) is 22.8 Å². The first kappa shape index (κ1) is 11.5. The van der Waals surface area contributed by atoms with Gasteiger partial charge in [-0.15, -0.1) is 0 Å². The van der Waals surface area contributed by atoms with Crippen LogP contribution >= 0.6 is 0 Å². The Morgan fingerprint density at radius 2 is 1.88 bits per heavy atom. The zero-order chi connectivity index (χ0) is 12.4. The van der Waals surface area contributed by atoms with E-state index in [0.717, 1.165) is 11.1 Å². The summed E-state index contributed by atoms with van der Waals surface area (Å²) in [6, 6.07) is 12.0. The normalized spacial score (nSPS) is 10.3. The molecule has 0 aliphatic rings. The van der Waals surface area contributed by atoms with E-state index in [1.54, 1.807) is 30.3 Å². The monoisotopic (exact) mass is 228 g/mol. The maximum atomic E-state index is 13.7. The second kappa shape index (κ2) is 4.50. The first-order chi connectivity index (χ1) is 8.08. The van der Waals surface area contributed by atoms with Gasteiger partial charge in [-0.1, -0.05) is 29.8 Å². The average molecular weight is 228 g/mol. The van der Waals surface area contributed by atoms with Crippen molar-refractivity contribution in [3.05, 3.63) is 59.4 Å². The first-order valence-electron chi connectivity index (χ1n) is 5.45. The number of hydrogen-bond donors (Lipinski definition) is 0. The van der Waals surface area contributed by atoms with Crippen molar-refractivity contribution in [2.75, 3.05) is 0 Å². The Morgan fingerprint density at radius 1 is 1.12 bits per heavy atom. The number of aryl methyl sites for hydroxylation is 1. The standard InChI is InChI=1S/C15H13FO/c1-10-6-7-15(16)14(8-10)13-5-3-4-12(9-13)11(2)17/h3-9H,1-2H3. The summed E-state index contributed by atoms with van der Waals surface area (Å²) >= 11 is 0. The van der Waals surface area contributed by atoms with E-state index in [1.807, 2.05) is 13.0 Å². The minimum atomic E-state index is -0.267. The van der Waals surface area contributed by atoms with E-state index < -0.39 is 0 Å². The molecule has 0 aliphatic heterocycles. The molecule has 0 unspecified atom stereocenters. The zero-order valence-corrected chi connectivity index (χ0v) is 9.83. The third-order valence-corrected chi connectivity index (χ3v) is 2.70. The van der Waals surface area contributed by atoms with Crippen LogP contribution in [-0.4, -0.2) is 5.78 Å². The molecule has 0 atom stereocenters. The molecule has 0 aliphatic carbocycles. The van der Waals surface area contributed by atoms with Crippen molar-refractivity contribution in [3.8, 4) is 11.1 Å². The molecule has 0 N–H and O–H groups in total. The summed E-state index contributed by atoms with van der Waals surface area (Å²) in [5, 5.41) is 0. The van der Waals surface area contributed by atoms with Gasteiger partial charge in [0.15, 0.2) is 5.78 Å². The van der Waals surface area contributed by atoms with E-state index in [4.69, 9.17) is 0 Å². The highest BCUT2D eigenvalue weighted by Crippen LogP contribution is 2.24. The molecule has 0 heterocycles. The van der Waals surface area contributed by atoms with Crippen molar-refractivity contribution in [1.82, 2.24) is 0 Å². The molecule has 0 spiro atoms. The Morgan fingerprint density at radius 3 is 2.59 bits per heavy atom. The van der Waals surface area contributed by atoms with Crippen LogP contribution in [0.2, 0.25) is 0 Å². The molecule has 17 heavy (non-hydrogen) atoms. The lowest BCUT2D eigenvalue weighted by Crippen LogP contribution is -1.93. The Hall–Kier alpha value is -1.96. The molecule has 0 bridgehead atoms. The fraction of sp³-hybridized carbons (Fsp3) is 0.133. The molecule has 2 rings (SSSR count). The summed E-state index contributed by atoms with van der Waals surface area (Å²) in [4.78, 5) is 11.3. The summed E-state index contributed by atoms with van der Waals surface area (Å²) in [5.74, 6) is -0.281. The third kappa shape index (κ3) is 2.41. The minimum Gasteiger partial charge on any atom is -0.295 e. The van der Waals surface area contributed by atoms with Gasteiger partial charge in [-0.25, -0.2) is 4.39 Å². The van der Waals surface area contributed by atoms with E-state index in [-0.39, 0.29) is 11.6 Å². The number of halogens is 1. The Labute approximate surface area is 99.9 Å². The number of benzene rings is 2. The highest BCUT2D eigenvalue weighted by atomic mass is 19.1. The summed E-state index contributed by atoms with van der Waals surface area (Å²) in [6.45, 7) is 3.42. The number of Topliss-reactive ketones (excluding diaryl/α,β-unsaturated/α-hetero) is 1. The quantitative estimate of drug-likeness (QED) is 0.710. The summed E-state index contributed by atoms with van der Waals surface area (Å²) in [6.07, 6.45) is 0. The van der Waals surface area contributed by atoms with E-state index in [1.165, 1.54) is 13.0 Å². The Kier molecular flexibility index (Phi) is 3.05. The highest BCUT2D eigenvalue weighted by molar-refractivity contribution is 5.95. The maximum Gasteiger partial charge on any atom is 0.159 e. The molecule has 0 saturated heterocycles. The van der Waals surface area contributed by atoms with Crippen LogP contribution in [0.3, 0.4) is 0 Å². The average Bonchev–Trinajstić information content (AvgIpc) is 2.32. The smallest absolute Gasteiger partial charge is 0.159 e. The molecule has 86 valence electrons. The lowest BCUT2D eigenvalue weighted by atomic mass is 10.00. The van der Waals surface area contributed by atoms with Crippen LogP contribution in [0.5, 0.6) is 0 Å². The lowest BCUT2D eigenvalue weighted by molar-refractivity contribution is 0.101.